The first-order valence-corrected chi connectivity index (χ1v) is 7.50. The van der Waals surface area contributed by atoms with E-state index in [4.69, 9.17) is 4.74 Å². The Balaban J connectivity index is 1.83. The molecular weight excluding hydrogens is 288 g/mol. The number of methoxy groups -OCH3 is 1. The van der Waals surface area contributed by atoms with Crippen LogP contribution in [0, 0.1) is 0 Å². The van der Waals surface area contributed by atoms with Gasteiger partial charge in [0.15, 0.2) is 0 Å². The number of pyridine rings is 1. The summed E-state index contributed by atoms with van der Waals surface area (Å²) in [5.74, 6) is 0.360. The molecule has 2 aromatic carbocycles. The molecule has 116 valence electrons. The summed E-state index contributed by atoms with van der Waals surface area (Å²) in [5.41, 5.74) is 1.96. The Labute approximate surface area is 135 Å². The lowest BCUT2D eigenvalue weighted by Gasteiger charge is -2.17. The average Bonchev–Trinajstić information content (AvgIpc) is 2.61. The van der Waals surface area contributed by atoms with Gasteiger partial charge in [0.1, 0.15) is 11.9 Å². The molecule has 4 heteroatoms. The summed E-state index contributed by atoms with van der Waals surface area (Å²) in [6.45, 7) is 0. The Kier molecular flexibility index (Phi) is 4.52. The highest BCUT2D eigenvalue weighted by atomic mass is 16.5. The van der Waals surface area contributed by atoms with Crippen LogP contribution in [0.4, 0.5) is 5.82 Å². The number of carbonyl (C=O) groups excluding carboxylic acids is 1. The van der Waals surface area contributed by atoms with Crippen LogP contribution in [0.2, 0.25) is 0 Å². The highest BCUT2D eigenvalue weighted by Gasteiger charge is 2.20. The molecule has 0 aliphatic carbocycles. The Morgan fingerprint density at radius 3 is 2.57 bits per heavy atom. The standard InChI is InChI=1S/C19H18N2O2/c1-23-19(22)17(13-14-7-3-2-4-8-14)21-18-12-11-15-9-5-6-10-16(15)20-18/h2-12,17H,13H2,1H3,(H,20,21). The van der Waals surface area contributed by atoms with E-state index < -0.39 is 6.04 Å². The van der Waals surface area contributed by atoms with Gasteiger partial charge in [0.2, 0.25) is 0 Å². The molecule has 0 amide bonds. The minimum Gasteiger partial charge on any atom is -0.467 e. The third-order valence-corrected chi connectivity index (χ3v) is 3.69. The van der Waals surface area contributed by atoms with E-state index in [1.165, 1.54) is 7.11 Å². The quantitative estimate of drug-likeness (QED) is 0.734. The monoisotopic (exact) mass is 306 g/mol. The fourth-order valence-electron chi connectivity index (χ4n) is 2.51. The van der Waals surface area contributed by atoms with Crippen LogP contribution in [-0.2, 0) is 16.0 Å². The van der Waals surface area contributed by atoms with E-state index in [9.17, 15) is 4.79 Å². The largest absolute Gasteiger partial charge is 0.467 e. The normalized spacial score (nSPS) is 11.9. The van der Waals surface area contributed by atoms with Crippen LogP contribution in [-0.4, -0.2) is 24.1 Å². The second-order valence-electron chi connectivity index (χ2n) is 5.30. The number of nitrogens with one attached hydrogen (secondary N) is 1. The van der Waals surface area contributed by atoms with Crippen molar-refractivity contribution < 1.29 is 9.53 Å². The molecular formula is C19H18N2O2. The first-order chi connectivity index (χ1) is 11.3. The van der Waals surface area contributed by atoms with Crippen LogP contribution < -0.4 is 5.32 Å². The third-order valence-electron chi connectivity index (χ3n) is 3.69. The molecule has 0 spiro atoms. The average molecular weight is 306 g/mol. The number of rotatable bonds is 5. The molecule has 0 bridgehead atoms. The zero-order valence-electron chi connectivity index (χ0n) is 12.9. The number of hydrogen-bond donors (Lipinski definition) is 1. The first-order valence-electron chi connectivity index (χ1n) is 7.50. The van der Waals surface area contributed by atoms with Crippen LogP contribution in [0.25, 0.3) is 10.9 Å². The zero-order valence-corrected chi connectivity index (χ0v) is 12.9. The number of para-hydroxylation sites is 1. The number of anilines is 1. The van der Waals surface area contributed by atoms with Crippen molar-refractivity contribution in [1.29, 1.82) is 0 Å². The van der Waals surface area contributed by atoms with Gasteiger partial charge in [-0.15, -0.1) is 0 Å². The number of nitrogens with zero attached hydrogens (tertiary/aromatic N) is 1. The van der Waals surface area contributed by atoms with Gasteiger partial charge >= 0.3 is 5.97 Å². The number of fused-ring (bicyclic) bond motifs is 1. The lowest BCUT2D eigenvalue weighted by Crippen LogP contribution is -2.33. The molecule has 0 saturated carbocycles. The van der Waals surface area contributed by atoms with E-state index in [1.807, 2.05) is 66.7 Å². The predicted octanol–water partition coefficient (Wildman–Crippen LogP) is 3.43. The molecule has 0 saturated heterocycles. The number of aromatic nitrogens is 1. The van der Waals surface area contributed by atoms with Crippen LogP contribution in [0.5, 0.6) is 0 Å². The van der Waals surface area contributed by atoms with Crippen LogP contribution >= 0.6 is 0 Å². The summed E-state index contributed by atoms with van der Waals surface area (Å²) in [6, 6.07) is 21.1. The van der Waals surface area contributed by atoms with E-state index in [0.717, 1.165) is 16.5 Å². The van der Waals surface area contributed by atoms with Gasteiger partial charge in [-0.1, -0.05) is 48.5 Å². The highest BCUT2D eigenvalue weighted by Crippen LogP contribution is 2.16. The summed E-state index contributed by atoms with van der Waals surface area (Å²) in [4.78, 5) is 16.6. The van der Waals surface area contributed by atoms with Crippen molar-refractivity contribution in [3.8, 4) is 0 Å². The molecule has 1 N–H and O–H groups in total. The molecule has 23 heavy (non-hydrogen) atoms. The van der Waals surface area contributed by atoms with Gasteiger partial charge in [-0.25, -0.2) is 9.78 Å². The first kappa shape index (κ1) is 15.0. The minimum absolute atomic E-state index is 0.302. The lowest BCUT2D eigenvalue weighted by atomic mass is 10.1. The lowest BCUT2D eigenvalue weighted by molar-refractivity contribution is -0.141. The molecule has 0 radical (unpaired) electrons. The zero-order chi connectivity index (χ0) is 16.1. The van der Waals surface area contributed by atoms with Crippen molar-refractivity contribution in [2.24, 2.45) is 0 Å². The Morgan fingerprint density at radius 1 is 1.04 bits per heavy atom. The number of esters is 1. The second kappa shape index (κ2) is 6.92. The van der Waals surface area contributed by atoms with Crippen molar-refractivity contribution in [3.05, 3.63) is 72.3 Å². The maximum atomic E-state index is 12.1. The third kappa shape index (κ3) is 3.66. The number of benzene rings is 2. The molecule has 0 aliphatic rings. The van der Waals surface area contributed by atoms with Gasteiger partial charge in [-0.05, 0) is 23.8 Å². The number of carbonyl (C=O) groups is 1. The Hall–Kier alpha value is -2.88. The molecule has 1 unspecified atom stereocenters. The molecule has 1 heterocycles. The van der Waals surface area contributed by atoms with E-state index in [0.29, 0.717) is 12.2 Å². The summed E-state index contributed by atoms with van der Waals surface area (Å²) >= 11 is 0. The summed E-state index contributed by atoms with van der Waals surface area (Å²) < 4.78 is 4.92. The maximum absolute atomic E-state index is 12.1. The number of hydrogen-bond acceptors (Lipinski definition) is 4. The summed E-state index contributed by atoms with van der Waals surface area (Å²) in [7, 11) is 1.40. The highest BCUT2D eigenvalue weighted by molar-refractivity contribution is 5.82. The summed E-state index contributed by atoms with van der Waals surface area (Å²) in [6.07, 6.45) is 0.544. The number of ether oxygens (including phenoxy) is 1. The fourth-order valence-corrected chi connectivity index (χ4v) is 2.51. The molecule has 0 fully saturated rings. The molecule has 0 aliphatic heterocycles. The van der Waals surface area contributed by atoms with Crippen molar-refractivity contribution in [2.45, 2.75) is 12.5 Å². The van der Waals surface area contributed by atoms with E-state index >= 15 is 0 Å². The molecule has 1 atom stereocenters. The second-order valence-corrected chi connectivity index (χ2v) is 5.30. The molecule has 3 rings (SSSR count). The Morgan fingerprint density at radius 2 is 1.78 bits per heavy atom. The summed E-state index contributed by atoms with van der Waals surface area (Å²) in [5, 5.41) is 4.25. The van der Waals surface area contributed by atoms with Crippen molar-refractivity contribution in [2.75, 3.05) is 12.4 Å². The smallest absolute Gasteiger partial charge is 0.328 e. The SMILES string of the molecule is COC(=O)C(Cc1ccccc1)Nc1ccc2ccccc2n1. The van der Waals surface area contributed by atoms with Crippen molar-refractivity contribution >= 4 is 22.7 Å². The molecule has 3 aromatic rings. The van der Waals surface area contributed by atoms with E-state index in [1.54, 1.807) is 0 Å². The van der Waals surface area contributed by atoms with Gasteiger partial charge in [-0.2, -0.15) is 0 Å². The van der Waals surface area contributed by atoms with Gasteiger partial charge in [-0.3, -0.25) is 0 Å². The predicted molar refractivity (Wildman–Crippen MR) is 91.3 cm³/mol. The van der Waals surface area contributed by atoms with Crippen molar-refractivity contribution in [1.82, 2.24) is 4.98 Å². The van der Waals surface area contributed by atoms with Gasteiger partial charge < -0.3 is 10.1 Å². The maximum Gasteiger partial charge on any atom is 0.328 e. The van der Waals surface area contributed by atoms with Crippen molar-refractivity contribution in [3.63, 3.8) is 0 Å². The van der Waals surface area contributed by atoms with E-state index in [-0.39, 0.29) is 5.97 Å². The molecule has 4 nitrogen and oxygen atoms in total. The topological polar surface area (TPSA) is 51.2 Å². The van der Waals surface area contributed by atoms with Crippen LogP contribution in [0.1, 0.15) is 5.56 Å². The van der Waals surface area contributed by atoms with Gasteiger partial charge in [0.05, 0.1) is 12.6 Å². The molecule has 1 aromatic heterocycles. The van der Waals surface area contributed by atoms with E-state index in [2.05, 4.69) is 10.3 Å². The van der Waals surface area contributed by atoms with Gasteiger partial charge in [0.25, 0.3) is 0 Å². The Bertz CT molecular complexity index is 803. The van der Waals surface area contributed by atoms with Crippen LogP contribution in [0.3, 0.4) is 0 Å². The van der Waals surface area contributed by atoms with Crippen LogP contribution in [0.15, 0.2) is 66.7 Å². The van der Waals surface area contributed by atoms with Gasteiger partial charge in [0, 0.05) is 11.8 Å². The minimum atomic E-state index is -0.476. The fraction of sp³-hybridized carbons (Fsp3) is 0.158.